The van der Waals surface area contributed by atoms with Gasteiger partial charge in [-0.15, -0.1) is 0 Å². The Kier molecular flexibility index (Phi) is 1.59. The van der Waals surface area contributed by atoms with Gasteiger partial charge in [-0.25, -0.2) is 0 Å². The highest BCUT2D eigenvalue weighted by Gasteiger charge is 2.20. The molecule has 1 aromatic rings. The first kappa shape index (κ1) is 6.74. The summed E-state index contributed by atoms with van der Waals surface area (Å²) in [5.41, 5.74) is 0.655. The highest BCUT2D eigenvalue weighted by molar-refractivity contribution is 8.00. The van der Waals surface area contributed by atoms with Crippen molar-refractivity contribution < 1.29 is 0 Å². The summed E-state index contributed by atoms with van der Waals surface area (Å²) in [7, 11) is 0. The van der Waals surface area contributed by atoms with Gasteiger partial charge in [0.25, 0.3) is 0 Å². The largest absolute Gasteiger partial charge is 0.267 e. The number of hydrogen-bond donors (Lipinski definition) is 0. The number of hydrogen-bond acceptors (Lipinski definition) is 3. The zero-order valence-electron chi connectivity index (χ0n) is 5.90. The van der Waals surface area contributed by atoms with Crippen LogP contribution in [-0.2, 0) is 0 Å². The molecule has 1 aliphatic rings. The van der Waals surface area contributed by atoms with Crippen molar-refractivity contribution in [3.8, 4) is 6.07 Å². The standard InChI is InChI=1S/C7H7N3S/c8-1-6-2-9-10(3-6)7-4-11-5-7/h2-3,7H,4-5H2. The van der Waals surface area contributed by atoms with E-state index in [9.17, 15) is 0 Å². The molecule has 0 bridgehead atoms. The maximum absolute atomic E-state index is 8.51. The third-order valence-corrected chi connectivity index (χ3v) is 2.97. The predicted molar refractivity (Wildman–Crippen MR) is 43.3 cm³/mol. The average Bonchev–Trinajstić information content (AvgIpc) is 2.32. The van der Waals surface area contributed by atoms with E-state index in [4.69, 9.17) is 5.26 Å². The lowest BCUT2D eigenvalue weighted by Gasteiger charge is -2.24. The van der Waals surface area contributed by atoms with Gasteiger partial charge in [-0.3, -0.25) is 4.68 Å². The molecule has 0 saturated carbocycles. The quantitative estimate of drug-likeness (QED) is 0.624. The number of thioether (sulfide) groups is 1. The van der Waals surface area contributed by atoms with Crippen LogP contribution in [0.25, 0.3) is 0 Å². The predicted octanol–water partition coefficient (Wildman–Crippen LogP) is 1.04. The smallest absolute Gasteiger partial charge is 0.102 e. The van der Waals surface area contributed by atoms with E-state index < -0.39 is 0 Å². The van der Waals surface area contributed by atoms with Gasteiger partial charge in [-0.05, 0) is 0 Å². The minimum atomic E-state index is 0.530. The van der Waals surface area contributed by atoms with Crippen LogP contribution in [0.15, 0.2) is 12.4 Å². The second kappa shape index (κ2) is 2.59. The molecule has 1 aliphatic heterocycles. The normalized spacial score (nSPS) is 17.4. The zero-order chi connectivity index (χ0) is 7.68. The Balaban J connectivity index is 2.19. The molecule has 0 spiro atoms. The Morgan fingerprint density at radius 3 is 3.00 bits per heavy atom. The summed E-state index contributed by atoms with van der Waals surface area (Å²) in [6.07, 6.45) is 3.42. The zero-order valence-corrected chi connectivity index (χ0v) is 6.71. The second-order valence-corrected chi connectivity index (χ2v) is 3.59. The van der Waals surface area contributed by atoms with E-state index in [1.807, 2.05) is 22.6 Å². The molecular weight excluding hydrogens is 158 g/mol. The number of aromatic nitrogens is 2. The van der Waals surface area contributed by atoms with Crippen molar-refractivity contribution in [2.45, 2.75) is 6.04 Å². The Hall–Kier alpha value is -0.950. The SMILES string of the molecule is N#Cc1cnn(C2CSC2)c1. The van der Waals surface area contributed by atoms with Crippen molar-refractivity contribution in [3.05, 3.63) is 18.0 Å². The van der Waals surface area contributed by atoms with Gasteiger partial charge < -0.3 is 0 Å². The molecule has 2 heterocycles. The van der Waals surface area contributed by atoms with Crippen LogP contribution in [0.1, 0.15) is 11.6 Å². The Bertz CT molecular complexity index is 295. The maximum Gasteiger partial charge on any atom is 0.102 e. The van der Waals surface area contributed by atoms with Gasteiger partial charge in [0.2, 0.25) is 0 Å². The molecule has 0 radical (unpaired) electrons. The molecular formula is C7H7N3S. The van der Waals surface area contributed by atoms with Crippen molar-refractivity contribution in [2.75, 3.05) is 11.5 Å². The van der Waals surface area contributed by atoms with E-state index >= 15 is 0 Å². The van der Waals surface area contributed by atoms with Crippen LogP contribution in [0.5, 0.6) is 0 Å². The Labute approximate surface area is 69.0 Å². The summed E-state index contributed by atoms with van der Waals surface area (Å²) >= 11 is 1.91. The molecule has 4 heteroatoms. The van der Waals surface area contributed by atoms with E-state index in [-0.39, 0.29) is 0 Å². The van der Waals surface area contributed by atoms with E-state index in [1.54, 1.807) is 6.20 Å². The van der Waals surface area contributed by atoms with Crippen LogP contribution in [0, 0.1) is 11.3 Å². The third-order valence-electron chi connectivity index (χ3n) is 1.73. The molecule has 1 fully saturated rings. The number of nitriles is 1. The van der Waals surface area contributed by atoms with Gasteiger partial charge in [0.05, 0.1) is 17.8 Å². The van der Waals surface area contributed by atoms with Gasteiger partial charge in [-0.1, -0.05) is 0 Å². The summed E-state index contributed by atoms with van der Waals surface area (Å²) in [5.74, 6) is 2.26. The second-order valence-electron chi connectivity index (χ2n) is 2.51. The molecule has 0 aromatic carbocycles. The lowest BCUT2D eigenvalue weighted by molar-refractivity contribution is 0.527. The number of rotatable bonds is 1. The Morgan fingerprint density at radius 1 is 1.73 bits per heavy atom. The van der Waals surface area contributed by atoms with Crippen LogP contribution in [0.4, 0.5) is 0 Å². The Morgan fingerprint density at radius 2 is 2.55 bits per heavy atom. The highest BCUT2D eigenvalue weighted by Crippen LogP contribution is 2.28. The third kappa shape index (κ3) is 1.12. The van der Waals surface area contributed by atoms with Gasteiger partial charge in [0.15, 0.2) is 0 Å². The first-order valence-corrected chi connectivity index (χ1v) is 4.57. The molecule has 3 nitrogen and oxygen atoms in total. The molecule has 0 amide bonds. The molecule has 0 atom stereocenters. The molecule has 11 heavy (non-hydrogen) atoms. The van der Waals surface area contributed by atoms with Crippen molar-refractivity contribution in [3.63, 3.8) is 0 Å². The van der Waals surface area contributed by atoms with Crippen LogP contribution in [0.2, 0.25) is 0 Å². The topological polar surface area (TPSA) is 41.6 Å². The molecule has 0 unspecified atom stereocenters. The summed E-state index contributed by atoms with van der Waals surface area (Å²) in [4.78, 5) is 0. The van der Waals surface area contributed by atoms with Crippen LogP contribution >= 0.6 is 11.8 Å². The molecule has 2 rings (SSSR count). The van der Waals surface area contributed by atoms with Crippen LogP contribution in [-0.4, -0.2) is 21.3 Å². The summed E-state index contributed by atoms with van der Waals surface area (Å²) in [6.45, 7) is 0. The average molecular weight is 165 g/mol. The first-order chi connectivity index (χ1) is 5.40. The van der Waals surface area contributed by atoms with Crippen molar-refractivity contribution in [2.24, 2.45) is 0 Å². The van der Waals surface area contributed by atoms with E-state index in [2.05, 4.69) is 11.2 Å². The minimum absolute atomic E-state index is 0.530. The van der Waals surface area contributed by atoms with Crippen LogP contribution < -0.4 is 0 Å². The lowest BCUT2D eigenvalue weighted by atomic mass is 10.3. The van der Waals surface area contributed by atoms with Gasteiger partial charge in [0, 0.05) is 17.7 Å². The minimum Gasteiger partial charge on any atom is -0.267 e. The van der Waals surface area contributed by atoms with Crippen molar-refractivity contribution in [1.29, 1.82) is 5.26 Å². The fourth-order valence-corrected chi connectivity index (χ4v) is 1.72. The van der Waals surface area contributed by atoms with Crippen molar-refractivity contribution in [1.82, 2.24) is 9.78 Å². The summed E-state index contributed by atoms with van der Waals surface area (Å²) in [5, 5.41) is 12.6. The molecule has 0 N–H and O–H groups in total. The maximum atomic E-state index is 8.51. The summed E-state index contributed by atoms with van der Waals surface area (Å²) in [6, 6.07) is 2.59. The number of nitrogens with zero attached hydrogens (tertiary/aromatic N) is 3. The molecule has 1 saturated heterocycles. The van der Waals surface area contributed by atoms with Gasteiger partial charge in [0.1, 0.15) is 6.07 Å². The van der Waals surface area contributed by atoms with E-state index in [1.165, 1.54) is 0 Å². The monoisotopic (exact) mass is 165 g/mol. The molecule has 0 aliphatic carbocycles. The fourth-order valence-electron chi connectivity index (χ4n) is 0.971. The van der Waals surface area contributed by atoms with Crippen LogP contribution in [0.3, 0.4) is 0 Å². The fraction of sp³-hybridized carbons (Fsp3) is 0.429. The van der Waals surface area contributed by atoms with Gasteiger partial charge >= 0.3 is 0 Å². The lowest BCUT2D eigenvalue weighted by Crippen LogP contribution is -2.22. The summed E-state index contributed by atoms with van der Waals surface area (Å²) < 4.78 is 1.88. The van der Waals surface area contributed by atoms with Gasteiger partial charge in [-0.2, -0.15) is 22.1 Å². The van der Waals surface area contributed by atoms with E-state index in [0.29, 0.717) is 11.6 Å². The van der Waals surface area contributed by atoms with E-state index in [0.717, 1.165) is 11.5 Å². The van der Waals surface area contributed by atoms with Crippen molar-refractivity contribution >= 4 is 11.8 Å². The first-order valence-electron chi connectivity index (χ1n) is 3.42. The molecule has 1 aromatic heterocycles. The molecule has 56 valence electrons. The highest BCUT2D eigenvalue weighted by atomic mass is 32.2.